The number of nitrogens with zero attached hydrogens (tertiary/aromatic N) is 4. The zero-order valence-electron chi connectivity index (χ0n) is 9.36. The molecule has 9 heteroatoms. The summed E-state index contributed by atoms with van der Waals surface area (Å²) in [5.74, 6) is -0.351. The molecule has 0 aliphatic carbocycles. The number of hydrogen-bond donors (Lipinski definition) is 3. The molecule has 2 heterocycles. The molecule has 0 atom stereocenters. The van der Waals surface area contributed by atoms with Gasteiger partial charge in [0.25, 0.3) is 5.91 Å². The smallest absolute Gasteiger partial charge is 0.279 e. The molecular weight excluding hydrogens is 240 g/mol. The summed E-state index contributed by atoms with van der Waals surface area (Å²) in [6.45, 7) is 0. The molecule has 2 aromatic rings. The van der Waals surface area contributed by atoms with E-state index in [0.29, 0.717) is 11.4 Å². The minimum Gasteiger partial charge on any atom is -0.409 e. The molecule has 4 N–H and O–H groups in total. The van der Waals surface area contributed by atoms with Gasteiger partial charge >= 0.3 is 0 Å². The lowest BCUT2D eigenvalue weighted by atomic mass is 10.3. The molecule has 9 nitrogen and oxygen atoms in total. The van der Waals surface area contributed by atoms with Crippen molar-refractivity contribution < 1.29 is 14.5 Å². The predicted octanol–water partition coefficient (Wildman–Crippen LogP) is -0.245. The average molecular weight is 250 g/mol. The highest BCUT2D eigenvalue weighted by Crippen LogP contribution is 2.14. The van der Waals surface area contributed by atoms with Crippen LogP contribution in [0.2, 0.25) is 0 Å². The van der Waals surface area contributed by atoms with Crippen molar-refractivity contribution in [2.45, 2.75) is 0 Å². The third kappa shape index (κ3) is 2.00. The molecule has 0 bridgehead atoms. The van der Waals surface area contributed by atoms with Crippen LogP contribution >= 0.6 is 0 Å². The lowest BCUT2D eigenvalue weighted by Crippen LogP contribution is -2.20. The van der Waals surface area contributed by atoms with Gasteiger partial charge in [-0.3, -0.25) is 9.48 Å². The van der Waals surface area contributed by atoms with E-state index in [2.05, 4.69) is 25.3 Å². The summed E-state index contributed by atoms with van der Waals surface area (Å²) in [6, 6.07) is 1.41. The third-order valence-corrected chi connectivity index (χ3v) is 2.22. The largest absolute Gasteiger partial charge is 0.409 e. The fourth-order valence-corrected chi connectivity index (χ4v) is 1.33. The van der Waals surface area contributed by atoms with Gasteiger partial charge in [-0.1, -0.05) is 10.3 Å². The first kappa shape index (κ1) is 11.6. The van der Waals surface area contributed by atoms with Crippen LogP contribution in [0.4, 0.5) is 5.82 Å². The normalized spacial score (nSPS) is 11.5. The van der Waals surface area contributed by atoms with Crippen molar-refractivity contribution >= 4 is 17.6 Å². The molecule has 0 saturated heterocycles. The number of amidine groups is 1. The number of oxime groups is 1. The van der Waals surface area contributed by atoms with Crippen molar-refractivity contribution in [3.63, 3.8) is 0 Å². The van der Waals surface area contributed by atoms with Gasteiger partial charge in [-0.15, -0.1) is 0 Å². The van der Waals surface area contributed by atoms with E-state index in [-0.39, 0.29) is 11.5 Å². The lowest BCUT2D eigenvalue weighted by Gasteiger charge is -2.05. The molecule has 18 heavy (non-hydrogen) atoms. The Balaban J connectivity index is 2.29. The second-order valence-electron chi connectivity index (χ2n) is 3.35. The number of nitrogens with two attached hydrogens (primary N) is 1. The predicted molar refractivity (Wildman–Crippen MR) is 60.2 cm³/mol. The molecule has 0 fully saturated rings. The first-order valence-electron chi connectivity index (χ1n) is 4.85. The average Bonchev–Trinajstić information content (AvgIpc) is 2.99. The van der Waals surface area contributed by atoms with Crippen LogP contribution in [-0.4, -0.2) is 31.9 Å². The van der Waals surface area contributed by atoms with Gasteiger partial charge in [-0.2, -0.15) is 5.10 Å². The van der Waals surface area contributed by atoms with Crippen LogP contribution in [0.15, 0.2) is 28.2 Å². The third-order valence-electron chi connectivity index (χ3n) is 2.22. The fraction of sp³-hybridized carbons (Fsp3) is 0.111. The molecule has 0 radical (unpaired) electrons. The summed E-state index contributed by atoms with van der Waals surface area (Å²) in [4.78, 5) is 11.8. The highest BCUT2D eigenvalue weighted by atomic mass is 16.5. The number of carbonyl (C=O) groups is 1. The zero-order valence-corrected chi connectivity index (χ0v) is 9.36. The highest BCUT2D eigenvalue weighted by molar-refractivity contribution is 6.08. The maximum atomic E-state index is 11.8. The van der Waals surface area contributed by atoms with Gasteiger partial charge in [-0.05, 0) is 0 Å². The maximum Gasteiger partial charge on any atom is 0.279 e. The maximum absolute atomic E-state index is 11.8. The van der Waals surface area contributed by atoms with Gasteiger partial charge in [0.05, 0.1) is 11.8 Å². The van der Waals surface area contributed by atoms with E-state index in [9.17, 15) is 4.79 Å². The highest BCUT2D eigenvalue weighted by Gasteiger charge is 2.17. The van der Waals surface area contributed by atoms with E-state index in [1.54, 1.807) is 7.05 Å². The standard InChI is InChI=1S/C9H10N6O3/c1-15-8(5(4-11-15)7(10)13-17)12-9(16)6-2-3-18-14-6/h2-4,17H,1H3,(H2,10,13)(H,12,16). The minimum atomic E-state index is -0.487. The Morgan fingerprint density at radius 2 is 2.44 bits per heavy atom. The monoisotopic (exact) mass is 250 g/mol. The van der Waals surface area contributed by atoms with Crippen molar-refractivity contribution in [2.24, 2.45) is 17.9 Å². The van der Waals surface area contributed by atoms with Gasteiger partial charge in [0.1, 0.15) is 12.1 Å². The quantitative estimate of drug-likeness (QED) is 0.298. The summed E-state index contributed by atoms with van der Waals surface area (Å²) >= 11 is 0. The molecule has 0 spiro atoms. The van der Waals surface area contributed by atoms with Crippen LogP contribution in [0.3, 0.4) is 0 Å². The van der Waals surface area contributed by atoms with Crippen LogP contribution in [0.5, 0.6) is 0 Å². The molecule has 0 aliphatic rings. The van der Waals surface area contributed by atoms with Crippen LogP contribution in [0.25, 0.3) is 0 Å². The molecule has 2 aromatic heterocycles. The number of nitrogens with one attached hydrogen (secondary N) is 1. The van der Waals surface area contributed by atoms with Gasteiger partial charge < -0.3 is 20.8 Å². The van der Waals surface area contributed by atoms with Crippen molar-refractivity contribution in [1.82, 2.24) is 14.9 Å². The first-order chi connectivity index (χ1) is 8.63. The SMILES string of the molecule is Cn1ncc(C(N)=NO)c1NC(=O)c1ccon1. The van der Waals surface area contributed by atoms with Crippen LogP contribution in [-0.2, 0) is 7.05 Å². The number of carbonyl (C=O) groups excluding carboxylic acids is 1. The van der Waals surface area contributed by atoms with E-state index >= 15 is 0 Å². The lowest BCUT2D eigenvalue weighted by molar-refractivity contribution is 0.101. The molecule has 0 unspecified atom stereocenters. The number of amides is 1. The Hall–Kier alpha value is -2.84. The topological polar surface area (TPSA) is 132 Å². The van der Waals surface area contributed by atoms with E-state index in [1.807, 2.05) is 0 Å². The van der Waals surface area contributed by atoms with Crippen LogP contribution in [0, 0.1) is 0 Å². The number of hydrogen-bond acceptors (Lipinski definition) is 6. The Labute approximate surface area is 101 Å². The van der Waals surface area contributed by atoms with E-state index < -0.39 is 5.91 Å². The van der Waals surface area contributed by atoms with Gasteiger partial charge in [0.15, 0.2) is 11.5 Å². The summed E-state index contributed by atoms with van der Waals surface area (Å²) in [7, 11) is 1.60. The summed E-state index contributed by atoms with van der Waals surface area (Å²) < 4.78 is 5.94. The van der Waals surface area contributed by atoms with Crippen LogP contribution in [0.1, 0.15) is 16.1 Å². The Bertz CT molecular complexity index is 585. The van der Waals surface area contributed by atoms with Gasteiger partial charge in [0, 0.05) is 13.1 Å². The Morgan fingerprint density at radius 3 is 3.06 bits per heavy atom. The second kappa shape index (κ2) is 4.57. The number of aryl methyl sites for hydroxylation is 1. The number of aromatic nitrogens is 3. The Kier molecular flexibility index (Phi) is 2.96. The van der Waals surface area contributed by atoms with Crippen molar-refractivity contribution in [1.29, 1.82) is 0 Å². The van der Waals surface area contributed by atoms with Gasteiger partial charge in [-0.25, -0.2) is 0 Å². The van der Waals surface area contributed by atoms with E-state index in [1.165, 1.54) is 23.2 Å². The van der Waals surface area contributed by atoms with Crippen molar-refractivity contribution in [3.8, 4) is 0 Å². The van der Waals surface area contributed by atoms with E-state index in [0.717, 1.165) is 0 Å². The molecule has 2 rings (SSSR count). The molecular formula is C9H10N6O3. The first-order valence-corrected chi connectivity index (χ1v) is 4.85. The van der Waals surface area contributed by atoms with Crippen molar-refractivity contribution in [2.75, 3.05) is 5.32 Å². The van der Waals surface area contributed by atoms with Crippen LogP contribution < -0.4 is 11.1 Å². The Morgan fingerprint density at radius 1 is 1.67 bits per heavy atom. The van der Waals surface area contributed by atoms with E-state index in [4.69, 9.17) is 10.9 Å². The second-order valence-corrected chi connectivity index (χ2v) is 3.35. The molecule has 94 valence electrons. The fourth-order valence-electron chi connectivity index (χ4n) is 1.33. The number of rotatable bonds is 3. The summed E-state index contributed by atoms with van der Waals surface area (Å²) in [6.07, 6.45) is 2.65. The van der Waals surface area contributed by atoms with Gasteiger partial charge in [0.2, 0.25) is 0 Å². The summed E-state index contributed by atoms with van der Waals surface area (Å²) in [5.41, 5.74) is 5.88. The molecule has 0 aliphatic heterocycles. The molecule has 1 amide bonds. The molecule has 0 saturated carbocycles. The minimum absolute atomic E-state index is 0.113. The van der Waals surface area contributed by atoms with Crippen molar-refractivity contribution in [3.05, 3.63) is 29.8 Å². The zero-order chi connectivity index (χ0) is 13.1. The summed E-state index contributed by atoms with van der Waals surface area (Å²) in [5, 5.41) is 21.4. The number of anilines is 1. The molecule has 0 aromatic carbocycles.